The SMILES string of the molecule is CCNC(=O)CN(CC)C(=O)C=Cc1ccc2c(c1)CCCN2C. The van der Waals surface area contributed by atoms with Crippen LogP contribution in [0.15, 0.2) is 24.3 Å². The molecule has 0 spiro atoms. The molecule has 0 fully saturated rings. The summed E-state index contributed by atoms with van der Waals surface area (Å²) in [6, 6.07) is 6.30. The van der Waals surface area contributed by atoms with Crippen LogP contribution in [-0.2, 0) is 16.0 Å². The molecule has 0 saturated heterocycles. The minimum absolute atomic E-state index is 0.0997. The third kappa shape index (κ3) is 4.60. The number of nitrogens with one attached hydrogen (secondary N) is 1. The number of nitrogens with zero attached hydrogens (tertiary/aromatic N) is 2. The first-order valence-electron chi connectivity index (χ1n) is 8.62. The van der Waals surface area contributed by atoms with E-state index in [1.165, 1.54) is 16.2 Å². The summed E-state index contributed by atoms with van der Waals surface area (Å²) in [7, 11) is 2.11. The van der Waals surface area contributed by atoms with Crippen molar-refractivity contribution in [1.29, 1.82) is 0 Å². The van der Waals surface area contributed by atoms with Gasteiger partial charge in [-0.05, 0) is 56.0 Å². The van der Waals surface area contributed by atoms with Gasteiger partial charge in [0.05, 0.1) is 6.54 Å². The van der Waals surface area contributed by atoms with Crippen molar-refractivity contribution in [3.8, 4) is 0 Å². The maximum atomic E-state index is 12.3. The number of hydrogen-bond donors (Lipinski definition) is 1. The fourth-order valence-electron chi connectivity index (χ4n) is 2.95. The Morgan fingerprint density at radius 3 is 2.83 bits per heavy atom. The lowest BCUT2D eigenvalue weighted by Crippen LogP contribution is -2.39. The van der Waals surface area contributed by atoms with Crippen LogP contribution in [0.5, 0.6) is 0 Å². The minimum Gasteiger partial charge on any atom is -0.374 e. The summed E-state index contributed by atoms with van der Waals surface area (Å²) in [5.41, 5.74) is 3.62. The number of benzene rings is 1. The number of aryl methyl sites for hydroxylation is 1. The molecule has 1 heterocycles. The molecule has 0 radical (unpaired) electrons. The number of hydrogen-bond acceptors (Lipinski definition) is 3. The van der Waals surface area contributed by atoms with E-state index < -0.39 is 0 Å². The van der Waals surface area contributed by atoms with Crippen molar-refractivity contribution in [3.63, 3.8) is 0 Å². The Hall–Kier alpha value is -2.30. The van der Waals surface area contributed by atoms with Gasteiger partial charge in [-0.2, -0.15) is 0 Å². The highest BCUT2D eigenvalue weighted by Gasteiger charge is 2.14. The molecule has 1 N–H and O–H groups in total. The van der Waals surface area contributed by atoms with E-state index >= 15 is 0 Å². The molecule has 0 atom stereocenters. The molecule has 2 amide bonds. The highest BCUT2D eigenvalue weighted by molar-refractivity contribution is 5.94. The quantitative estimate of drug-likeness (QED) is 0.813. The summed E-state index contributed by atoms with van der Waals surface area (Å²) in [5, 5.41) is 2.72. The molecule has 1 aliphatic rings. The van der Waals surface area contributed by atoms with E-state index in [1.807, 2.05) is 26.0 Å². The molecule has 1 aromatic carbocycles. The number of rotatable bonds is 6. The minimum atomic E-state index is -0.140. The lowest BCUT2D eigenvalue weighted by molar-refractivity contribution is -0.132. The Kier molecular flexibility index (Phi) is 6.41. The van der Waals surface area contributed by atoms with Gasteiger partial charge in [0.25, 0.3) is 0 Å². The third-order valence-corrected chi connectivity index (χ3v) is 4.27. The fourth-order valence-corrected chi connectivity index (χ4v) is 2.95. The van der Waals surface area contributed by atoms with Gasteiger partial charge >= 0.3 is 0 Å². The Labute approximate surface area is 144 Å². The first-order valence-corrected chi connectivity index (χ1v) is 8.62. The summed E-state index contributed by atoms with van der Waals surface area (Å²) in [4.78, 5) is 27.7. The smallest absolute Gasteiger partial charge is 0.247 e. The van der Waals surface area contributed by atoms with Crippen LogP contribution in [-0.4, -0.2) is 49.9 Å². The first-order chi connectivity index (χ1) is 11.5. The maximum Gasteiger partial charge on any atom is 0.247 e. The highest BCUT2D eigenvalue weighted by Crippen LogP contribution is 2.27. The lowest BCUT2D eigenvalue weighted by Gasteiger charge is -2.27. The molecule has 0 unspecified atom stereocenters. The van der Waals surface area contributed by atoms with Crippen molar-refractivity contribution in [1.82, 2.24) is 10.2 Å². The fraction of sp³-hybridized carbons (Fsp3) is 0.474. The van der Waals surface area contributed by atoms with Crippen molar-refractivity contribution in [2.24, 2.45) is 0 Å². The van der Waals surface area contributed by atoms with Crippen LogP contribution in [0.2, 0.25) is 0 Å². The highest BCUT2D eigenvalue weighted by atomic mass is 16.2. The van der Waals surface area contributed by atoms with E-state index in [0.717, 1.165) is 24.9 Å². The van der Waals surface area contributed by atoms with Crippen molar-refractivity contribution >= 4 is 23.6 Å². The molecule has 0 aliphatic carbocycles. The van der Waals surface area contributed by atoms with Crippen LogP contribution in [0, 0.1) is 0 Å². The summed E-state index contributed by atoms with van der Waals surface area (Å²) in [6.07, 6.45) is 5.62. The molecule has 2 rings (SSSR count). The molecule has 130 valence electrons. The predicted octanol–water partition coefficient (Wildman–Crippen LogP) is 2.07. The number of carbonyl (C=O) groups excluding carboxylic acids is 2. The van der Waals surface area contributed by atoms with Crippen molar-refractivity contribution in [3.05, 3.63) is 35.4 Å². The van der Waals surface area contributed by atoms with Crippen LogP contribution in [0.1, 0.15) is 31.4 Å². The Bertz CT molecular complexity index is 625. The number of amides is 2. The van der Waals surface area contributed by atoms with Crippen molar-refractivity contribution < 1.29 is 9.59 Å². The van der Waals surface area contributed by atoms with Gasteiger partial charge < -0.3 is 15.1 Å². The summed E-state index contributed by atoms with van der Waals surface area (Å²) >= 11 is 0. The zero-order valence-corrected chi connectivity index (χ0v) is 14.8. The van der Waals surface area contributed by atoms with Gasteiger partial charge in [0, 0.05) is 38.4 Å². The van der Waals surface area contributed by atoms with E-state index in [-0.39, 0.29) is 18.4 Å². The van der Waals surface area contributed by atoms with Gasteiger partial charge in [0.1, 0.15) is 0 Å². The van der Waals surface area contributed by atoms with E-state index in [4.69, 9.17) is 0 Å². The van der Waals surface area contributed by atoms with Gasteiger partial charge in [0.2, 0.25) is 11.8 Å². The van der Waals surface area contributed by atoms with E-state index in [0.29, 0.717) is 13.1 Å². The number of likely N-dealkylation sites (N-methyl/N-ethyl adjacent to an activating group) is 2. The molecular weight excluding hydrogens is 302 g/mol. The molecule has 0 aromatic heterocycles. The first kappa shape index (κ1) is 18.0. The van der Waals surface area contributed by atoms with E-state index in [1.54, 1.807) is 6.08 Å². The second-order valence-electron chi connectivity index (χ2n) is 6.05. The molecule has 1 aromatic rings. The van der Waals surface area contributed by atoms with E-state index in [9.17, 15) is 9.59 Å². The number of fused-ring (bicyclic) bond motifs is 1. The van der Waals surface area contributed by atoms with Gasteiger partial charge in [-0.15, -0.1) is 0 Å². The van der Waals surface area contributed by atoms with Crippen molar-refractivity contribution in [2.75, 3.05) is 38.1 Å². The molecule has 5 nitrogen and oxygen atoms in total. The molecule has 1 aliphatic heterocycles. The van der Waals surface area contributed by atoms with Crippen LogP contribution in [0.25, 0.3) is 6.08 Å². The normalized spacial score (nSPS) is 13.7. The molecule has 5 heteroatoms. The second-order valence-corrected chi connectivity index (χ2v) is 6.05. The molecular formula is C19H27N3O2. The number of carbonyl (C=O) groups is 2. The standard InChI is InChI=1S/C19H27N3O2/c1-4-20-18(23)14-22(5-2)19(24)11-9-15-8-10-17-16(13-15)7-6-12-21(17)3/h8-11,13H,4-7,12,14H2,1-3H3,(H,20,23). The largest absolute Gasteiger partial charge is 0.374 e. The Balaban J connectivity index is 2.03. The zero-order valence-electron chi connectivity index (χ0n) is 14.8. The van der Waals surface area contributed by atoms with Gasteiger partial charge in [0.15, 0.2) is 0 Å². The third-order valence-electron chi connectivity index (χ3n) is 4.27. The van der Waals surface area contributed by atoms with Gasteiger partial charge in [-0.25, -0.2) is 0 Å². The van der Waals surface area contributed by atoms with Crippen LogP contribution in [0.3, 0.4) is 0 Å². The monoisotopic (exact) mass is 329 g/mol. The van der Waals surface area contributed by atoms with Gasteiger partial charge in [-0.1, -0.05) is 6.07 Å². The molecule has 24 heavy (non-hydrogen) atoms. The Morgan fingerprint density at radius 2 is 2.12 bits per heavy atom. The Morgan fingerprint density at radius 1 is 1.33 bits per heavy atom. The lowest BCUT2D eigenvalue weighted by atomic mass is 9.99. The maximum absolute atomic E-state index is 12.3. The summed E-state index contributed by atoms with van der Waals surface area (Å²) < 4.78 is 0. The average molecular weight is 329 g/mol. The van der Waals surface area contributed by atoms with Gasteiger partial charge in [-0.3, -0.25) is 9.59 Å². The summed E-state index contributed by atoms with van der Waals surface area (Å²) in [5.74, 6) is -0.267. The van der Waals surface area contributed by atoms with Crippen molar-refractivity contribution in [2.45, 2.75) is 26.7 Å². The van der Waals surface area contributed by atoms with Crippen LogP contribution < -0.4 is 10.2 Å². The van der Waals surface area contributed by atoms with Crippen LogP contribution >= 0.6 is 0 Å². The number of anilines is 1. The topological polar surface area (TPSA) is 52.7 Å². The van der Waals surface area contributed by atoms with Crippen LogP contribution in [0.4, 0.5) is 5.69 Å². The predicted molar refractivity (Wildman–Crippen MR) is 98.0 cm³/mol. The molecule has 0 bridgehead atoms. The average Bonchev–Trinajstić information content (AvgIpc) is 2.58. The zero-order chi connectivity index (χ0) is 17.5. The second kappa shape index (κ2) is 8.52. The molecule has 0 saturated carbocycles. The summed E-state index contributed by atoms with van der Waals surface area (Å²) in [6.45, 7) is 6.01. The van der Waals surface area contributed by atoms with E-state index in [2.05, 4.69) is 29.4 Å².